The second kappa shape index (κ2) is 5.74. The minimum Gasteiger partial charge on any atom is -0.326 e. The van der Waals surface area contributed by atoms with Crippen LogP contribution in [0.3, 0.4) is 0 Å². The lowest BCUT2D eigenvalue weighted by Gasteiger charge is -2.11. The highest BCUT2D eigenvalue weighted by Gasteiger charge is 2.17. The van der Waals surface area contributed by atoms with Crippen LogP contribution in [0.2, 0.25) is 0 Å². The second-order valence-electron chi connectivity index (χ2n) is 4.57. The van der Waals surface area contributed by atoms with Crippen molar-refractivity contribution in [3.05, 3.63) is 47.3 Å². The average Bonchev–Trinajstić information content (AvgIpc) is 2.82. The van der Waals surface area contributed by atoms with Crippen molar-refractivity contribution in [3.8, 4) is 0 Å². The van der Waals surface area contributed by atoms with Gasteiger partial charge in [0.05, 0.1) is 17.1 Å². The van der Waals surface area contributed by atoms with E-state index in [0.29, 0.717) is 12.1 Å². The second-order valence-corrected chi connectivity index (χ2v) is 6.31. The van der Waals surface area contributed by atoms with Crippen molar-refractivity contribution in [3.63, 3.8) is 0 Å². The van der Waals surface area contributed by atoms with Gasteiger partial charge >= 0.3 is 0 Å². The Hall–Kier alpha value is -1.70. The van der Waals surface area contributed by atoms with Crippen molar-refractivity contribution in [2.45, 2.75) is 24.9 Å². The molecule has 20 heavy (non-hydrogen) atoms. The van der Waals surface area contributed by atoms with Gasteiger partial charge in [0.1, 0.15) is 0 Å². The van der Waals surface area contributed by atoms with Gasteiger partial charge in [0.2, 0.25) is 10.0 Å². The molecule has 0 saturated carbocycles. The highest BCUT2D eigenvalue weighted by atomic mass is 32.2. The van der Waals surface area contributed by atoms with Crippen LogP contribution in [0.4, 0.5) is 0 Å². The molecular weight excluding hydrogens is 276 g/mol. The summed E-state index contributed by atoms with van der Waals surface area (Å²) >= 11 is 0. The summed E-state index contributed by atoms with van der Waals surface area (Å²) < 4.78 is 28.9. The molecule has 1 aromatic carbocycles. The highest BCUT2D eigenvalue weighted by Crippen LogP contribution is 2.17. The standard InChI is InChI=1S/C13H18N4O2S/c1-10-3-4-11(8-14)7-13(10)20(18,19)16-9-12-5-6-15-17(12)2/h3-7,16H,8-9,14H2,1-2H3. The Kier molecular flexibility index (Phi) is 4.22. The third kappa shape index (κ3) is 3.06. The summed E-state index contributed by atoms with van der Waals surface area (Å²) in [7, 11) is -1.80. The summed E-state index contributed by atoms with van der Waals surface area (Å²) in [5.74, 6) is 0. The number of hydrogen-bond donors (Lipinski definition) is 2. The summed E-state index contributed by atoms with van der Waals surface area (Å²) in [6.07, 6.45) is 1.63. The molecule has 7 heteroatoms. The molecule has 0 aliphatic carbocycles. The van der Waals surface area contributed by atoms with Crippen LogP contribution in [-0.2, 0) is 30.2 Å². The fraction of sp³-hybridized carbons (Fsp3) is 0.308. The first-order valence-corrected chi connectivity index (χ1v) is 7.68. The average molecular weight is 294 g/mol. The van der Waals surface area contributed by atoms with Crippen molar-refractivity contribution < 1.29 is 8.42 Å². The van der Waals surface area contributed by atoms with E-state index in [9.17, 15) is 8.42 Å². The van der Waals surface area contributed by atoms with E-state index in [-0.39, 0.29) is 11.4 Å². The molecule has 0 fully saturated rings. The van der Waals surface area contributed by atoms with Gasteiger partial charge in [0, 0.05) is 19.8 Å². The van der Waals surface area contributed by atoms with Crippen LogP contribution in [0, 0.1) is 6.92 Å². The van der Waals surface area contributed by atoms with Crippen LogP contribution >= 0.6 is 0 Å². The van der Waals surface area contributed by atoms with Crippen molar-refractivity contribution in [2.24, 2.45) is 12.8 Å². The maximum absolute atomic E-state index is 12.3. The molecule has 3 N–H and O–H groups in total. The molecular formula is C13H18N4O2S. The molecule has 2 rings (SSSR count). The first-order chi connectivity index (χ1) is 9.44. The molecule has 1 aromatic heterocycles. The minimum atomic E-state index is -3.56. The van der Waals surface area contributed by atoms with Crippen molar-refractivity contribution >= 4 is 10.0 Å². The Morgan fingerprint density at radius 1 is 1.35 bits per heavy atom. The Morgan fingerprint density at radius 2 is 2.10 bits per heavy atom. The largest absolute Gasteiger partial charge is 0.326 e. The molecule has 0 aliphatic heterocycles. The molecule has 6 nitrogen and oxygen atoms in total. The number of hydrogen-bond acceptors (Lipinski definition) is 4. The minimum absolute atomic E-state index is 0.200. The normalized spacial score (nSPS) is 11.8. The quantitative estimate of drug-likeness (QED) is 0.848. The number of nitrogens with two attached hydrogens (primary N) is 1. The third-order valence-electron chi connectivity index (χ3n) is 3.14. The Morgan fingerprint density at radius 3 is 2.70 bits per heavy atom. The predicted octanol–water partition coefficient (Wildman–Crippen LogP) is 0.666. The fourth-order valence-corrected chi connectivity index (χ4v) is 3.17. The summed E-state index contributed by atoms with van der Waals surface area (Å²) in [6.45, 7) is 2.27. The number of benzene rings is 1. The van der Waals surface area contributed by atoms with Crippen LogP contribution < -0.4 is 10.5 Å². The molecule has 2 aromatic rings. The zero-order valence-corrected chi connectivity index (χ0v) is 12.3. The zero-order chi connectivity index (χ0) is 14.8. The van der Waals surface area contributed by atoms with Crippen molar-refractivity contribution in [1.82, 2.24) is 14.5 Å². The lowest BCUT2D eigenvalue weighted by molar-refractivity contribution is 0.576. The molecule has 0 saturated heterocycles. The molecule has 0 radical (unpaired) electrons. The van der Waals surface area contributed by atoms with Gasteiger partial charge in [-0.3, -0.25) is 4.68 Å². The molecule has 0 amide bonds. The van der Waals surface area contributed by atoms with E-state index >= 15 is 0 Å². The first-order valence-electron chi connectivity index (χ1n) is 6.20. The first kappa shape index (κ1) is 14.7. The van der Waals surface area contributed by atoms with Gasteiger partial charge in [-0.25, -0.2) is 13.1 Å². The molecule has 0 spiro atoms. The third-order valence-corrected chi connectivity index (χ3v) is 4.69. The summed E-state index contributed by atoms with van der Waals surface area (Å²) in [5, 5.41) is 4.00. The molecule has 108 valence electrons. The number of aryl methyl sites for hydroxylation is 2. The molecule has 0 aliphatic rings. The maximum atomic E-state index is 12.3. The number of rotatable bonds is 5. The Bertz CT molecular complexity index is 707. The SMILES string of the molecule is Cc1ccc(CN)cc1S(=O)(=O)NCc1ccnn1C. The van der Waals surface area contributed by atoms with Gasteiger partial charge in [-0.1, -0.05) is 12.1 Å². The number of nitrogens with zero attached hydrogens (tertiary/aromatic N) is 2. The van der Waals surface area contributed by atoms with Crippen LogP contribution in [0.5, 0.6) is 0 Å². The van der Waals surface area contributed by atoms with Crippen molar-refractivity contribution in [1.29, 1.82) is 0 Å². The lowest BCUT2D eigenvalue weighted by atomic mass is 10.1. The van der Waals surface area contributed by atoms with E-state index < -0.39 is 10.0 Å². The molecule has 1 heterocycles. The van der Waals surface area contributed by atoms with E-state index in [1.54, 1.807) is 43.0 Å². The van der Waals surface area contributed by atoms with Crippen LogP contribution in [0.1, 0.15) is 16.8 Å². The van der Waals surface area contributed by atoms with Gasteiger partial charge in [-0.05, 0) is 30.2 Å². The summed E-state index contributed by atoms with van der Waals surface area (Å²) in [6, 6.07) is 6.98. The van der Waals surface area contributed by atoms with Crippen LogP contribution in [0.25, 0.3) is 0 Å². The van der Waals surface area contributed by atoms with E-state index in [2.05, 4.69) is 9.82 Å². The van der Waals surface area contributed by atoms with Crippen LogP contribution in [0.15, 0.2) is 35.4 Å². The lowest BCUT2D eigenvalue weighted by Crippen LogP contribution is -2.25. The van der Waals surface area contributed by atoms with E-state index in [1.165, 1.54) is 0 Å². The van der Waals surface area contributed by atoms with Gasteiger partial charge < -0.3 is 5.73 Å². The number of aromatic nitrogens is 2. The molecule has 0 atom stereocenters. The smallest absolute Gasteiger partial charge is 0.241 e. The van der Waals surface area contributed by atoms with Gasteiger partial charge in [-0.15, -0.1) is 0 Å². The Labute approximate surface area is 118 Å². The number of sulfonamides is 1. The topological polar surface area (TPSA) is 90.0 Å². The van der Waals surface area contributed by atoms with Crippen LogP contribution in [-0.4, -0.2) is 18.2 Å². The van der Waals surface area contributed by atoms with Crippen molar-refractivity contribution in [2.75, 3.05) is 0 Å². The van der Waals surface area contributed by atoms with Gasteiger partial charge in [0.25, 0.3) is 0 Å². The monoisotopic (exact) mass is 294 g/mol. The Balaban J connectivity index is 2.24. The van der Waals surface area contributed by atoms with E-state index in [4.69, 9.17) is 5.73 Å². The highest BCUT2D eigenvalue weighted by molar-refractivity contribution is 7.89. The van der Waals surface area contributed by atoms with E-state index in [0.717, 1.165) is 11.3 Å². The predicted molar refractivity (Wildman–Crippen MR) is 76.3 cm³/mol. The summed E-state index contributed by atoms with van der Waals surface area (Å²) in [4.78, 5) is 0.266. The van der Waals surface area contributed by atoms with Gasteiger partial charge in [-0.2, -0.15) is 5.10 Å². The maximum Gasteiger partial charge on any atom is 0.241 e. The summed E-state index contributed by atoms with van der Waals surface area (Å²) in [5.41, 5.74) is 7.83. The van der Waals surface area contributed by atoms with Gasteiger partial charge in [0.15, 0.2) is 0 Å². The molecule has 0 unspecified atom stereocenters. The molecule has 0 bridgehead atoms. The van der Waals surface area contributed by atoms with E-state index in [1.807, 2.05) is 6.07 Å². The fourth-order valence-electron chi connectivity index (χ4n) is 1.88. The number of nitrogens with one attached hydrogen (secondary N) is 1. The zero-order valence-electron chi connectivity index (χ0n) is 11.5.